The lowest BCUT2D eigenvalue weighted by Gasteiger charge is -2.14. The standard InChI is InChI=1S/C19H19ClN2O4/c1-12(18(24)22-17-5-3-4-16(20)10-17)26-19(25)15-8-6-14(7-9-15)11-21-13(2)23/h3-10,12H,11H2,1-2H3,(H,21,23)(H,22,24). The van der Waals surface area contributed by atoms with Gasteiger partial charge in [-0.05, 0) is 42.8 Å². The summed E-state index contributed by atoms with van der Waals surface area (Å²) in [5, 5.41) is 5.79. The molecule has 0 saturated carbocycles. The Morgan fingerprint density at radius 2 is 1.81 bits per heavy atom. The second kappa shape index (κ2) is 9.01. The molecule has 1 atom stereocenters. The lowest BCUT2D eigenvalue weighted by atomic mass is 10.1. The number of amides is 2. The van der Waals surface area contributed by atoms with Gasteiger partial charge in [0.2, 0.25) is 5.91 Å². The van der Waals surface area contributed by atoms with Crippen molar-refractivity contribution >= 4 is 35.1 Å². The number of nitrogens with one attached hydrogen (secondary N) is 2. The first-order chi connectivity index (χ1) is 12.3. The van der Waals surface area contributed by atoms with Crippen LogP contribution in [0.5, 0.6) is 0 Å². The maximum Gasteiger partial charge on any atom is 0.338 e. The fraction of sp³-hybridized carbons (Fsp3) is 0.211. The molecule has 0 saturated heterocycles. The molecule has 6 nitrogen and oxygen atoms in total. The van der Waals surface area contributed by atoms with E-state index in [4.69, 9.17) is 16.3 Å². The van der Waals surface area contributed by atoms with E-state index in [0.29, 0.717) is 22.8 Å². The molecule has 7 heteroatoms. The van der Waals surface area contributed by atoms with E-state index in [2.05, 4.69) is 10.6 Å². The van der Waals surface area contributed by atoms with Crippen molar-refractivity contribution in [3.63, 3.8) is 0 Å². The number of hydrogen-bond donors (Lipinski definition) is 2. The number of hydrogen-bond acceptors (Lipinski definition) is 4. The maximum atomic E-state index is 12.2. The molecular weight excluding hydrogens is 356 g/mol. The molecule has 2 aromatic carbocycles. The number of carbonyl (C=O) groups is 3. The predicted molar refractivity (Wildman–Crippen MR) is 98.9 cm³/mol. The van der Waals surface area contributed by atoms with E-state index < -0.39 is 18.0 Å². The first-order valence-corrected chi connectivity index (χ1v) is 8.34. The Labute approximate surface area is 156 Å². The zero-order valence-corrected chi connectivity index (χ0v) is 15.2. The van der Waals surface area contributed by atoms with Crippen molar-refractivity contribution in [1.29, 1.82) is 0 Å². The van der Waals surface area contributed by atoms with Crippen LogP contribution in [0.3, 0.4) is 0 Å². The number of halogens is 1. The van der Waals surface area contributed by atoms with Crippen LogP contribution in [0.15, 0.2) is 48.5 Å². The Hall–Kier alpha value is -2.86. The van der Waals surface area contributed by atoms with Gasteiger partial charge in [0.1, 0.15) is 0 Å². The smallest absolute Gasteiger partial charge is 0.338 e. The van der Waals surface area contributed by atoms with Gasteiger partial charge in [-0.2, -0.15) is 0 Å². The van der Waals surface area contributed by atoms with Crippen LogP contribution in [0.1, 0.15) is 29.8 Å². The minimum Gasteiger partial charge on any atom is -0.449 e. The van der Waals surface area contributed by atoms with Crippen molar-refractivity contribution in [2.45, 2.75) is 26.5 Å². The molecule has 2 rings (SSSR count). The molecule has 2 aromatic rings. The zero-order chi connectivity index (χ0) is 19.1. The van der Waals surface area contributed by atoms with Gasteiger partial charge in [-0.15, -0.1) is 0 Å². The van der Waals surface area contributed by atoms with Crippen molar-refractivity contribution in [3.8, 4) is 0 Å². The van der Waals surface area contributed by atoms with Crippen molar-refractivity contribution in [2.75, 3.05) is 5.32 Å². The van der Waals surface area contributed by atoms with E-state index in [1.165, 1.54) is 13.8 Å². The molecule has 0 radical (unpaired) electrons. The van der Waals surface area contributed by atoms with Gasteiger partial charge in [-0.25, -0.2) is 4.79 Å². The van der Waals surface area contributed by atoms with Crippen LogP contribution in [0.4, 0.5) is 5.69 Å². The summed E-state index contributed by atoms with van der Waals surface area (Å²) >= 11 is 5.86. The van der Waals surface area contributed by atoms with Gasteiger partial charge in [0, 0.05) is 24.2 Å². The molecule has 0 aliphatic rings. The van der Waals surface area contributed by atoms with Crippen LogP contribution >= 0.6 is 11.6 Å². The fourth-order valence-corrected chi connectivity index (χ4v) is 2.27. The SMILES string of the molecule is CC(=O)NCc1ccc(C(=O)OC(C)C(=O)Nc2cccc(Cl)c2)cc1. The second-order valence-corrected chi connectivity index (χ2v) is 6.09. The topological polar surface area (TPSA) is 84.5 Å². The number of rotatable bonds is 6. The third kappa shape index (κ3) is 5.89. The van der Waals surface area contributed by atoms with Gasteiger partial charge in [-0.3, -0.25) is 9.59 Å². The molecule has 1 unspecified atom stereocenters. The summed E-state index contributed by atoms with van der Waals surface area (Å²) in [5.74, 6) is -1.19. The van der Waals surface area contributed by atoms with Crippen LogP contribution in [0.2, 0.25) is 5.02 Å². The first kappa shape index (κ1) is 19.5. The first-order valence-electron chi connectivity index (χ1n) is 7.96. The molecular formula is C19H19ClN2O4. The van der Waals surface area contributed by atoms with E-state index >= 15 is 0 Å². The van der Waals surface area contributed by atoms with E-state index in [1.807, 2.05) is 0 Å². The van der Waals surface area contributed by atoms with E-state index in [9.17, 15) is 14.4 Å². The quantitative estimate of drug-likeness (QED) is 0.760. The van der Waals surface area contributed by atoms with Crippen molar-refractivity contribution in [1.82, 2.24) is 5.32 Å². The van der Waals surface area contributed by atoms with Crippen LogP contribution in [-0.4, -0.2) is 23.9 Å². The summed E-state index contributed by atoms with van der Waals surface area (Å²) < 4.78 is 5.19. The summed E-state index contributed by atoms with van der Waals surface area (Å²) in [6, 6.07) is 13.3. The molecule has 136 valence electrons. The Morgan fingerprint density at radius 3 is 2.42 bits per heavy atom. The normalized spacial score (nSPS) is 11.3. The molecule has 2 amide bonds. The second-order valence-electron chi connectivity index (χ2n) is 5.65. The highest BCUT2D eigenvalue weighted by Gasteiger charge is 2.19. The van der Waals surface area contributed by atoms with Gasteiger partial charge in [0.25, 0.3) is 5.91 Å². The molecule has 0 spiro atoms. The number of benzene rings is 2. The summed E-state index contributed by atoms with van der Waals surface area (Å²) in [4.78, 5) is 35.2. The average Bonchev–Trinajstić information content (AvgIpc) is 2.60. The third-order valence-electron chi connectivity index (χ3n) is 3.48. The Kier molecular flexibility index (Phi) is 6.74. The highest BCUT2D eigenvalue weighted by atomic mass is 35.5. The molecule has 0 bridgehead atoms. The van der Waals surface area contributed by atoms with Gasteiger partial charge in [0.15, 0.2) is 6.10 Å². The van der Waals surface area contributed by atoms with Gasteiger partial charge in [0.05, 0.1) is 5.56 Å². The Balaban J connectivity index is 1.91. The number of carbonyl (C=O) groups excluding carboxylic acids is 3. The van der Waals surface area contributed by atoms with E-state index in [0.717, 1.165) is 5.56 Å². The van der Waals surface area contributed by atoms with Crippen LogP contribution in [-0.2, 0) is 20.9 Å². The van der Waals surface area contributed by atoms with Crippen molar-refractivity contribution in [3.05, 3.63) is 64.7 Å². The average molecular weight is 375 g/mol. The minimum absolute atomic E-state index is 0.131. The van der Waals surface area contributed by atoms with Gasteiger partial charge >= 0.3 is 5.97 Å². The highest BCUT2D eigenvalue weighted by molar-refractivity contribution is 6.30. The van der Waals surface area contributed by atoms with Crippen LogP contribution in [0.25, 0.3) is 0 Å². The van der Waals surface area contributed by atoms with Crippen LogP contribution in [0, 0.1) is 0 Å². The van der Waals surface area contributed by atoms with Crippen molar-refractivity contribution in [2.24, 2.45) is 0 Å². The zero-order valence-electron chi connectivity index (χ0n) is 14.4. The Morgan fingerprint density at radius 1 is 1.12 bits per heavy atom. The molecule has 2 N–H and O–H groups in total. The number of anilines is 1. The molecule has 0 aromatic heterocycles. The van der Waals surface area contributed by atoms with E-state index in [1.54, 1.807) is 48.5 Å². The minimum atomic E-state index is -0.972. The monoisotopic (exact) mass is 374 g/mol. The van der Waals surface area contributed by atoms with Gasteiger partial charge < -0.3 is 15.4 Å². The molecule has 0 aliphatic heterocycles. The summed E-state index contributed by atoms with van der Waals surface area (Å²) in [6.45, 7) is 3.30. The molecule has 0 aliphatic carbocycles. The molecule has 0 fully saturated rings. The summed E-state index contributed by atoms with van der Waals surface area (Å²) in [6.07, 6.45) is -0.972. The van der Waals surface area contributed by atoms with Crippen molar-refractivity contribution < 1.29 is 19.1 Å². The lowest BCUT2D eigenvalue weighted by molar-refractivity contribution is -0.123. The summed E-state index contributed by atoms with van der Waals surface area (Å²) in [5.41, 5.74) is 1.69. The number of esters is 1. The maximum absolute atomic E-state index is 12.2. The van der Waals surface area contributed by atoms with E-state index in [-0.39, 0.29) is 5.91 Å². The largest absolute Gasteiger partial charge is 0.449 e. The Bertz CT molecular complexity index is 805. The van der Waals surface area contributed by atoms with Crippen LogP contribution < -0.4 is 10.6 Å². The third-order valence-corrected chi connectivity index (χ3v) is 3.71. The molecule has 0 heterocycles. The predicted octanol–water partition coefficient (Wildman–Crippen LogP) is 3.16. The fourth-order valence-electron chi connectivity index (χ4n) is 2.08. The van der Waals surface area contributed by atoms with Gasteiger partial charge in [-0.1, -0.05) is 29.8 Å². The number of ether oxygens (including phenoxy) is 1. The summed E-state index contributed by atoms with van der Waals surface area (Å²) in [7, 11) is 0. The highest BCUT2D eigenvalue weighted by Crippen LogP contribution is 2.15. The lowest BCUT2D eigenvalue weighted by Crippen LogP contribution is -2.30. The molecule has 26 heavy (non-hydrogen) atoms.